The first kappa shape index (κ1) is 15.8. The van der Waals surface area contributed by atoms with E-state index in [0.29, 0.717) is 0 Å². The fraction of sp³-hybridized carbons (Fsp3) is 0.444. The molecule has 0 aliphatic heterocycles. The normalized spacial score (nSPS) is 27.3. The van der Waals surface area contributed by atoms with Gasteiger partial charge in [-0.25, -0.2) is 0 Å². The highest BCUT2D eigenvalue weighted by Gasteiger charge is 2.42. The highest BCUT2D eigenvalue weighted by Crippen LogP contribution is 2.42. The van der Waals surface area contributed by atoms with E-state index >= 15 is 0 Å². The molecule has 21 heavy (non-hydrogen) atoms. The highest BCUT2D eigenvalue weighted by atomic mass is 16.5. The lowest BCUT2D eigenvalue weighted by atomic mass is 9.87. The summed E-state index contributed by atoms with van der Waals surface area (Å²) in [5.74, 6) is 1.02. The molecule has 1 fully saturated rings. The van der Waals surface area contributed by atoms with Crippen LogP contribution in [0.25, 0.3) is 6.08 Å². The van der Waals surface area contributed by atoms with Gasteiger partial charge < -0.3 is 14.7 Å². The molecule has 0 aromatic heterocycles. The molecule has 0 heterocycles. The predicted octanol–water partition coefficient (Wildman–Crippen LogP) is 2.97. The summed E-state index contributed by atoms with van der Waals surface area (Å²) in [5, 5.41) is 11.0. The minimum Gasteiger partial charge on any atom is -0.497 e. The van der Waals surface area contributed by atoms with Crippen molar-refractivity contribution in [3.05, 3.63) is 48.1 Å². The van der Waals surface area contributed by atoms with Gasteiger partial charge in [-0.3, -0.25) is 0 Å². The molecule has 0 amide bonds. The second-order valence-electron chi connectivity index (χ2n) is 5.97. The average Bonchev–Trinajstić information content (AvgIpc) is 2.77. The van der Waals surface area contributed by atoms with Crippen LogP contribution in [0.4, 0.5) is 0 Å². The van der Waals surface area contributed by atoms with Gasteiger partial charge in [0.1, 0.15) is 11.4 Å². The summed E-state index contributed by atoms with van der Waals surface area (Å²) in [6.45, 7) is 4.72. The molecule has 2 unspecified atom stereocenters. The van der Waals surface area contributed by atoms with E-state index in [1.165, 1.54) is 0 Å². The van der Waals surface area contributed by atoms with Crippen LogP contribution in [0.2, 0.25) is 0 Å². The number of rotatable bonds is 5. The Bertz CT molecular complexity index is 536. The lowest BCUT2D eigenvalue weighted by Crippen LogP contribution is -2.38. The van der Waals surface area contributed by atoms with Gasteiger partial charge in [-0.05, 0) is 50.2 Å². The molecule has 1 N–H and O–H groups in total. The number of hydrogen-bond donors (Lipinski definition) is 1. The number of nitrogens with zero attached hydrogens (tertiary/aromatic N) is 1. The zero-order valence-electron chi connectivity index (χ0n) is 13.2. The Labute approximate surface area is 127 Å². The Morgan fingerprint density at radius 3 is 2.86 bits per heavy atom. The highest BCUT2D eigenvalue weighted by molar-refractivity contribution is 5.59. The van der Waals surface area contributed by atoms with E-state index < -0.39 is 5.60 Å². The van der Waals surface area contributed by atoms with Crippen LogP contribution >= 0.6 is 0 Å². The van der Waals surface area contributed by atoms with Crippen LogP contribution < -0.4 is 4.74 Å². The van der Waals surface area contributed by atoms with E-state index in [4.69, 9.17) is 4.74 Å². The Hall–Kier alpha value is -1.58. The van der Waals surface area contributed by atoms with E-state index in [2.05, 4.69) is 17.6 Å². The minimum absolute atomic E-state index is 0.196. The van der Waals surface area contributed by atoms with Gasteiger partial charge in [-0.15, -0.1) is 0 Å². The van der Waals surface area contributed by atoms with Crippen LogP contribution in [-0.2, 0) is 0 Å². The summed E-state index contributed by atoms with van der Waals surface area (Å²) < 4.78 is 5.25. The summed E-state index contributed by atoms with van der Waals surface area (Å²) in [6, 6.07) is 7.89. The maximum atomic E-state index is 11.0. The van der Waals surface area contributed by atoms with Crippen molar-refractivity contribution in [2.24, 2.45) is 5.92 Å². The van der Waals surface area contributed by atoms with Crippen molar-refractivity contribution < 1.29 is 9.84 Å². The number of benzene rings is 1. The van der Waals surface area contributed by atoms with Crippen LogP contribution in [0.3, 0.4) is 0 Å². The van der Waals surface area contributed by atoms with Gasteiger partial charge in [0.05, 0.1) is 7.11 Å². The maximum absolute atomic E-state index is 11.0. The molecule has 1 aliphatic rings. The van der Waals surface area contributed by atoms with E-state index in [-0.39, 0.29) is 5.92 Å². The molecule has 0 saturated heterocycles. The van der Waals surface area contributed by atoms with Gasteiger partial charge in [0.15, 0.2) is 0 Å². The molecular weight excluding hydrogens is 262 g/mol. The molecule has 2 atom stereocenters. The fourth-order valence-corrected chi connectivity index (χ4v) is 3.10. The van der Waals surface area contributed by atoms with Gasteiger partial charge in [0.25, 0.3) is 0 Å². The van der Waals surface area contributed by atoms with Crippen LogP contribution in [-0.4, -0.2) is 43.4 Å². The topological polar surface area (TPSA) is 32.7 Å². The number of methoxy groups -OCH3 is 1. The van der Waals surface area contributed by atoms with Crippen LogP contribution in [0.5, 0.6) is 5.75 Å². The third-order valence-corrected chi connectivity index (χ3v) is 4.23. The number of aliphatic hydroxyl groups is 1. The van der Waals surface area contributed by atoms with Crippen molar-refractivity contribution in [2.75, 3.05) is 27.7 Å². The van der Waals surface area contributed by atoms with Gasteiger partial charge >= 0.3 is 0 Å². The Kier molecular flexibility index (Phi) is 4.86. The zero-order valence-corrected chi connectivity index (χ0v) is 13.2. The van der Waals surface area contributed by atoms with Crippen molar-refractivity contribution in [1.29, 1.82) is 0 Å². The van der Waals surface area contributed by atoms with Crippen LogP contribution in [0, 0.1) is 5.92 Å². The summed E-state index contributed by atoms with van der Waals surface area (Å²) in [6.07, 6.45) is 5.65. The molecule has 0 spiro atoms. The Balaban J connectivity index is 2.30. The van der Waals surface area contributed by atoms with Gasteiger partial charge in [0, 0.05) is 12.5 Å². The van der Waals surface area contributed by atoms with E-state index in [9.17, 15) is 5.11 Å². The SMILES string of the molecule is C=CC1(O)C(=Cc2cccc(OC)c2)CCC1CN(C)C. The molecule has 1 aromatic carbocycles. The molecule has 3 nitrogen and oxygen atoms in total. The molecule has 1 saturated carbocycles. The van der Waals surface area contributed by atoms with E-state index in [0.717, 1.165) is 36.3 Å². The average molecular weight is 287 g/mol. The molecule has 114 valence electrons. The van der Waals surface area contributed by atoms with Crippen molar-refractivity contribution in [3.63, 3.8) is 0 Å². The first-order valence-corrected chi connectivity index (χ1v) is 7.35. The van der Waals surface area contributed by atoms with E-state index in [1.54, 1.807) is 13.2 Å². The van der Waals surface area contributed by atoms with Gasteiger partial charge in [0.2, 0.25) is 0 Å². The third-order valence-electron chi connectivity index (χ3n) is 4.23. The monoisotopic (exact) mass is 287 g/mol. The molecular formula is C18H25NO2. The first-order valence-electron chi connectivity index (χ1n) is 7.35. The standard InChI is InChI=1S/C18H25NO2/c1-5-18(20)15(9-10-16(18)13-19(2)3)11-14-7-6-8-17(12-14)21-4/h5-8,11-12,16,20H,1,9-10,13H2,2-4H3. The molecule has 3 heteroatoms. The van der Waals surface area contributed by atoms with Crippen molar-refractivity contribution in [1.82, 2.24) is 4.90 Å². The summed E-state index contributed by atoms with van der Waals surface area (Å²) >= 11 is 0. The number of hydrogen-bond acceptors (Lipinski definition) is 3. The molecule has 0 radical (unpaired) electrons. The molecule has 1 aliphatic carbocycles. The first-order chi connectivity index (χ1) is 9.99. The van der Waals surface area contributed by atoms with Crippen LogP contribution in [0.15, 0.2) is 42.5 Å². The largest absolute Gasteiger partial charge is 0.497 e. The van der Waals surface area contributed by atoms with Crippen molar-refractivity contribution in [3.8, 4) is 5.75 Å². The van der Waals surface area contributed by atoms with Gasteiger partial charge in [-0.2, -0.15) is 0 Å². The summed E-state index contributed by atoms with van der Waals surface area (Å²) in [4.78, 5) is 2.12. The Morgan fingerprint density at radius 2 is 2.24 bits per heavy atom. The van der Waals surface area contributed by atoms with E-state index in [1.807, 2.05) is 38.4 Å². The lowest BCUT2D eigenvalue weighted by Gasteiger charge is -2.30. The molecule has 1 aromatic rings. The fourth-order valence-electron chi connectivity index (χ4n) is 3.10. The zero-order chi connectivity index (χ0) is 15.5. The molecule has 0 bridgehead atoms. The second kappa shape index (κ2) is 6.46. The summed E-state index contributed by atoms with van der Waals surface area (Å²) in [5.41, 5.74) is 1.18. The third kappa shape index (κ3) is 3.36. The minimum atomic E-state index is -0.909. The predicted molar refractivity (Wildman–Crippen MR) is 87.4 cm³/mol. The van der Waals surface area contributed by atoms with Crippen molar-refractivity contribution >= 4 is 6.08 Å². The lowest BCUT2D eigenvalue weighted by molar-refractivity contribution is 0.0703. The smallest absolute Gasteiger partial charge is 0.119 e. The number of ether oxygens (including phenoxy) is 1. The quantitative estimate of drug-likeness (QED) is 0.845. The maximum Gasteiger partial charge on any atom is 0.119 e. The van der Waals surface area contributed by atoms with Gasteiger partial charge in [-0.1, -0.05) is 30.9 Å². The van der Waals surface area contributed by atoms with Crippen molar-refractivity contribution in [2.45, 2.75) is 18.4 Å². The second-order valence-corrected chi connectivity index (χ2v) is 5.97. The summed E-state index contributed by atoms with van der Waals surface area (Å²) in [7, 11) is 5.73. The molecule has 2 rings (SSSR count). The Morgan fingerprint density at radius 1 is 1.48 bits per heavy atom. The van der Waals surface area contributed by atoms with Crippen LogP contribution in [0.1, 0.15) is 18.4 Å².